The van der Waals surface area contributed by atoms with Crippen LogP contribution in [0, 0.1) is 5.82 Å². The third-order valence-corrected chi connectivity index (χ3v) is 1.97. The monoisotopic (exact) mass is 218 g/mol. The summed E-state index contributed by atoms with van der Waals surface area (Å²) in [7, 11) is 0. The molecule has 0 atom stereocenters. The lowest BCUT2D eigenvalue weighted by molar-refractivity contribution is 0.0818. The highest BCUT2D eigenvalue weighted by Crippen LogP contribution is 2.23. The highest BCUT2D eigenvalue weighted by atomic mass is 19.3. The zero-order chi connectivity index (χ0) is 11.4. The number of ether oxygens (including phenoxy) is 1. The van der Waals surface area contributed by atoms with Gasteiger partial charge in [0.2, 0.25) is 0 Å². The lowest BCUT2D eigenvalue weighted by Gasteiger charge is -2.10. The van der Waals surface area contributed by atoms with Crippen LogP contribution in [0.3, 0.4) is 0 Å². The van der Waals surface area contributed by atoms with Crippen molar-refractivity contribution in [3.8, 4) is 5.75 Å². The van der Waals surface area contributed by atoms with Crippen molar-refractivity contribution in [1.29, 1.82) is 0 Å². The SMILES string of the molecule is CC(C)c1cc(OCC(F)F)ccc1F. The largest absolute Gasteiger partial charge is 0.488 e. The van der Waals surface area contributed by atoms with Gasteiger partial charge in [0.25, 0.3) is 6.43 Å². The molecule has 84 valence electrons. The summed E-state index contributed by atoms with van der Waals surface area (Å²) in [6, 6.07) is 4.04. The van der Waals surface area contributed by atoms with Gasteiger partial charge in [0.1, 0.15) is 18.2 Å². The minimum atomic E-state index is -2.52. The van der Waals surface area contributed by atoms with Crippen molar-refractivity contribution >= 4 is 0 Å². The molecule has 0 saturated carbocycles. The number of hydrogen-bond donors (Lipinski definition) is 0. The molecular formula is C11H13F3O. The standard InChI is InChI=1S/C11H13F3O/c1-7(2)9-5-8(3-4-10(9)12)15-6-11(13)14/h3-5,7,11H,6H2,1-2H3. The van der Waals surface area contributed by atoms with Crippen LogP contribution in [0.15, 0.2) is 18.2 Å². The summed E-state index contributed by atoms with van der Waals surface area (Å²) in [5.41, 5.74) is 0.474. The van der Waals surface area contributed by atoms with Gasteiger partial charge in [0.15, 0.2) is 0 Å². The van der Waals surface area contributed by atoms with Gasteiger partial charge in [-0.15, -0.1) is 0 Å². The zero-order valence-electron chi connectivity index (χ0n) is 8.64. The molecule has 0 fully saturated rings. The van der Waals surface area contributed by atoms with Crippen molar-refractivity contribution in [2.24, 2.45) is 0 Å². The van der Waals surface area contributed by atoms with Crippen LogP contribution in [0.1, 0.15) is 25.3 Å². The molecule has 0 bridgehead atoms. The fourth-order valence-corrected chi connectivity index (χ4v) is 1.21. The molecular weight excluding hydrogens is 205 g/mol. The molecule has 0 heterocycles. The van der Waals surface area contributed by atoms with Gasteiger partial charge in [0, 0.05) is 0 Å². The lowest BCUT2D eigenvalue weighted by Crippen LogP contribution is -2.07. The van der Waals surface area contributed by atoms with E-state index in [2.05, 4.69) is 0 Å². The first-order chi connectivity index (χ1) is 7.00. The van der Waals surface area contributed by atoms with Crippen molar-refractivity contribution in [2.45, 2.75) is 26.2 Å². The van der Waals surface area contributed by atoms with Gasteiger partial charge < -0.3 is 4.74 Å². The molecule has 0 unspecified atom stereocenters. The quantitative estimate of drug-likeness (QED) is 0.750. The summed E-state index contributed by atoms with van der Waals surface area (Å²) in [5, 5.41) is 0. The third kappa shape index (κ3) is 3.46. The van der Waals surface area contributed by atoms with Gasteiger partial charge in [-0.1, -0.05) is 13.8 Å². The Labute approximate surface area is 86.9 Å². The molecule has 15 heavy (non-hydrogen) atoms. The van der Waals surface area contributed by atoms with Crippen molar-refractivity contribution in [2.75, 3.05) is 6.61 Å². The molecule has 0 amide bonds. The molecule has 0 N–H and O–H groups in total. The van der Waals surface area contributed by atoms with E-state index in [-0.39, 0.29) is 17.5 Å². The molecule has 0 aliphatic heterocycles. The van der Waals surface area contributed by atoms with E-state index in [4.69, 9.17) is 4.74 Å². The van der Waals surface area contributed by atoms with Crippen LogP contribution >= 0.6 is 0 Å². The average molecular weight is 218 g/mol. The first kappa shape index (κ1) is 11.9. The average Bonchev–Trinajstić information content (AvgIpc) is 2.16. The molecule has 1 rings (SSSR count). The van der Waals surface area contributed by atoms with E-state index in [1.54, 1.807) is 0 Å². The highest BCUT2D eigenvalue weighted by Gasteiger charge is 2.09. The Kier molecular flexibility index (Phi) is 4.00. The summed E-state index contributed by atoms with van der Waals surface area (Å²) in [5.74, 6) is -0.0603. The van der Waals surface area contributed by atoms with E-state index in [1.807, 2.05) is 13.8 Å². The first-order valence-electron chi connectivity index (χ1n) is 4.71. The minimum absolute atomic E-state index is 0.0000926. The second kappa shape index (κ2) is 5.05. The Morgan fingerprint density at radius 2 is 1.93 bits per heavy atom. The van der Waals surface area contributed by atoms with Crippen LogP contribution in [-0.4, -0.2) is 13.0 Å². The zero-order valence-corrected chi connectivity index (χ0v) is 8.64. The molecule has 1 aromatic rings. The smallest absolute Gasteiger partial charge is 0.272 e. The van der Waals surface area contributed by atoms with E-state index >= 15 is 0 Å². The van der Waals surface area contributed by atoms with E-state index < -0.39 is 13.0 Å². The summed E-state index contributed by atoms with van der Waals surface area (Å²) in [4.78, 5) is 0. The molecule has 0 radical (unpaired) electrons. The third-order valence-electron chi connectivity index (χ3n) is 1.97. The Balaban J connectivity index is 2.78. The Bertz CT molecular complexity index is 324. The van der Waals surface area contributed by atoms with Crippen LogP contribution in [-0.2, 0) is 0 Å². The number of rotatable bonds is 4. The van der Waals surface area contributed by atoms with Crippen LogP contribution in [0.5, 0.6) is 5.75 Å². The summed E-state index contributed by atoms with van der Waals surface area (Å²) in [6.45, 7) is 2.99. The summed E-state index contributed by atoms with van der Waals surface area (Å²) < 4.78 is 41.7. The topological polar surface area (TPSA) is 9.23 Å². The molecule has 0 spiro atoms. The van der Waals surface area contributed by atoms with Gasteiger partial charge >= 0.3 is 0 Å². The normalized spacial score (nSPS) is 11.1. The summed E-state index contributed by atoms with van der Waals surface area (Å²) >= 11 is 0. The van der Waals surface area contributed by atoms with Gasteiger partial charge in [-0.05, 0) is 29.7 Å². The maximum Gasteiger partial charge on any atom is 0.272 e. The minimum Gasteiger partial charge on any atom is -0.488 e. The Morgan fingerprint density at radius 3 is 2.47 bits per heavy atom. The van der Waals surface area contributed by atoms with Gasteiger partial charge in [0.05, 0.1) is 0 Å². The van der Waals surface area contributed by atoms with E-state index in [9.17, 15) is 13.2 Å². The Hall–Kier alpha value is -1.19. The van der Waals surface area contributed by atoms with Crippen molar-refractivity contribution < 1.29 is 17.9 Å². The van der Waals surface area contributed by atoms with Crippen molar-refractivity contribution in [3.05, 3.63) is 29.6 Å². The maximum absolute atomic E-state index is 13.2. The van der Waals surface area contributed by atoms with E-state index in [1.165, 1.54) is 18.2 Å². The van der Waals surface area contributed by atoms with E-state index in [0.29, 0.717) is 5.56 Å². The lowest BCUT2D eigenvalue weighted by atomic mass is 10.0. The van der Waals surface area contributed by atoms with Crippen molar-refractivity contribution in [3.63, 3.8) is 0 Å². The van der Waals surface area contributed by atoms with Gasteiger partial charge in [-0.25, -0.2) is 13.2 Å². The number of benzene rings is 1. The Morgan fingerprint density at radius 1 is 1.27 bits per heavy atom. The molecule has 0 saturated heterocycles. The van der Waals surface area contributed by atoms with Gasteiger partial charge in [-0.2, -0.15) is 0 Å². The number of alkyl halides is 2. The second-order valence-corrected chi connectivity index (χ2v) is 3.54. The molecule has 0 aliphatic carbocycles. The first-order valence-corrected chi connectivity index (χ1v) is 4.71. The van der Waals surface area contributed by atoms with Crippen LogP contribution in [0.4, 0.5) is 13.2 Å². The predicted octanol–water partition coefficient (Wildman–Crippen LogP) is 3.59. The van der Waals surface area contributed by atoms with Crippen LogP contribution < -0.4 is 4.74 Å². The molecule has 1 nitrogen and oxygen atoms in total. The molecule has 4 heteroatoms. The van der Waals surface area contributed by atoms with Crippen molar-refractivity contribution in [1.82, 2.24) is 0 Å². The fourth-order valence-electron chi connectivity index (χ4n) is 1.21. The van der Waals surface area contributed by atoms with Gasteiger partial charge in [-0.3, -0.25) is 0 Å². The summed E-state index contributed by atoms with van der Waals surface area (Å²) in [6.07, 6.45) is -2.52. The second-order valence-electron chi connectivity index (χ2n) is 3.54. The highest BCUT2D eigenvalue weighted by molar-refractivity contribution is 5.31. The molecule has 1 aromatic carbocycles. The van der Waals surface area contributed by atoms with E-state index in [0.717, 1.165) is 0 Å². The molecule has 0 aliphatic rings. The fraction of sp³-hybridized carbons (Fsp3) is 0.455. The number of halogens is 3. The predicted molar refractivity (Wildman–Crippen MR) is 52.0 cm³/mol. The number of hydrogen-bond acceptors (Lipinski definition) is 1. The van der Waals surface area contributed by atoms with Crippen LogP contribution in [0.25, 0.3) is 0 Å². The molecule has 0 aromatic heterocycles. The maximum atomic E-state index is 13.2. The van der Waals surface area contributed by atoms with Crippen LogP contribution in [0.2, 0.25) is 0 Å².